The van der Waals surface area contributed by atoms with E-state index in [1.54, 1.807) is 12.4 Å². The average molecular weight is 394 g/mol. The molecular weight excluding hydrogens is 374 g/mol. The number of aliphatic imine (C=N–C) groups is 1. The Morgan fingerprint density at radius 1 is 1.36 bits per heavy atom. The molecule has 1 atom stereocenters. The molecule has 0 bridgehead atoms. The molecule has 1 N–H and O–H groups in total. The van der Waals surface area contributed by atoms with Crippen LogP contribution in [0.4, 0.5) is 11.5 Å². The molecule has 0 saturated carbocycles. The Morgan fingerprint density at radius 3 is 3.07 bits per heavy atom. The van der Waals surface area contributed by atoms with Crippen molar-refractivity contribution < 1.29 is 0 Å². The molecule has 0 fully saturated rings. The van der Waals surface area contributed by atoms with Crippen LogP contribution in [0.15, 0.2) is 41.8 Å². The van der Waals surface area contributed by atoms with Crippen LogP contribution in [-0.4, -0.2) is 40.5 Å². The maximum Gasteiger partial charge on any atom is 0.136 e. The second-order valence-corrected chi connectivity index (χ2v) is 7.15. The summed E-state index contributed by atoms with van der Waals surface area (Å²) in [5, 5.41) is 13.5. The summed E-state index contributed by atoms with van der Waals surface area (Å²) in [4.78, 5) is 17.6. The second-order valence-electron chi connectivity index (χ2n) is 6.71. The van der Waals surface area contributed by atoms with E-state index < -0.39 is 0 Å². The third-order valence-electron chi connectivity index (χ3n) is 5.00. The third kappa shape index (κ3) is 3.64. The number of hydrogen-bond acceptors (Lipinski definition) is 7. The zero-order valence-corrected chi connectivity index (χ0v) is 16.3. The predicted octanol–water partition coefficient (Wildman–Crippen LogP) is 3.18. The molecule has 0 spiro atoms. The minimum absolute atomic E-state index is 0.0823. The Labute approximate surface area is 169 Å². The van der Waals surface area contributed by atoms with E-state index in [1.165, 1.54) is 0 Å². The van der Waals surface area contributed by atoms with E-state index in [2.05, 4.69) is 36.1 Å². The summed E-state index contributed by atoms with van der Waals surface area (Å²) in [7, 11) is 0. The van der Waals surface area contributed by atoms with Crippen molar-refractivity contribution in [2.45, 2.75) is 26.1 Å². The number of hydrogen-bond donors (Lipinski definition) is 1. The zero-order valence-electron chi connectivity index (χ0n) is 15.5. The van der Waals surface area contributed by atoms with Gasteiger partial charge in [-0.05, 0) is 31.2 Å². The highest BCUT2D eigenvalue weighted by Crippen LogP contribution is 2.30. The van der Waals surface area contributed by atoms with E-state index in [1.807, 2.05) is 37.5 Å². The zero-order chi connectivity index (χ0) is 19.5. The first kappa shape index (κ1) is 18.3. The van der Waals surface area contributed by atoms with Crippen molar-refractivity contribution in [3.05, 3.63) is 58.6 Å². The smallest absolute Gasteiger partial charge is 0.136 e. The summed E-state index contributed by atoms with van der Waals surface area (Å²) in [6.45, 7) is 4.07. The second kappa shape index (κ2) is 7.87. The SMILES string of the molecule is CC1N=CC=CN1CNc1ncnc2c1CN(c1ccc(Cl)cc1C#N)CC2. The monoisotopic (exact) mass is 393 g/mol. The third-order valence-corrected chi connectivity index (χ3v) is 5.23. The highest BCUT2D eigenvalue weighted by atomic mass is 35.5. The summed E-state index contributed by atoms with van der Waals surface area (Å²) in [6, 6.07) is 7.67. The van der Waals surface area contributed by atoms with Crippen molar-refractivity contribution >= 4 is 29.3 Å². The van der Waals surface area contributed by atoms with Crippen LogP contribution in [0.25, 0.3) is 0 Å². The maximum atomic E-state index is 9.48. The van der Waals surface area contributed by atoms with E-state index in [0.29, 0.717) is 23.8 Å². The van der Waals surface area contributed by atoms with Crippen LogP contribution in [-0.2, 0) is 13.0 Å². The Morgan fingerprint density at radius 2 is 2.25 bits per heavy atom. The van der Waals surface area contributed by atoms with E-state index in [-0.39, 0.29) is 6.17 Å². The molecule has 28 heavy (non-hydrogen) atoms. The quantitative estimate of drug-likeness (QED) is 0.859. The van der Waals surface area contributed by atoms with Gasteiger partial charge in [0.25, 0.3) is 0 Å². The van der Waals surface area contributed by atoms with E-state index in [9.17, 15) is 5.26 Å². The highest BCUT2D eigenvalue weighted by Gasteiger charge is 2.23. The lowest BCUT2D eigenvalue weighted by Crippen LogP contribution is -2.35. The average Bonchev–Trinajstić information content (AvgIpc) is 2.72. The molecule has 0 saturated heterocycles. The minimum Gasteiger partial charge on any atom is -0.366 e. The molecule has 1 aromatic heterocycles. The Balaban J connectivity index is 1.56. The van der Waals surface area contributed by atoms with Crippen LogP contribution in [0.1, 0.15) is 23.7 Å². The van der Waals surface area contributed by atoms with Gasteiger partial charge < -0.3 is 15.1 Å². The van der Waals surface area contributed by atoms with Crippen LogP contribution < -0.4 is 10.2 Å². The molecule has 142 valence electrons. The van der Waals surface area contributed by atoms with E-state index in [4.69, 9.17) is 11.6 Å². The molecule has 2 aromatic rings. The number of rotatable bonds is 4. The van der Waals surface area contributed by atoms with Crippen LogP contribution >= 0.6 is 11.6 Å². The van der Waals surface area contributed by atoms with Crippen molar-refractivity contribution in [1.29, 1.82) is 5.26 Å². The number of benzene rings is 1. The standard InChI is InChI=1S/C20H20ClN7/c1-14-23-6-2-7-28(14)13-26-20-17-11-27(8-5-18(17)24-12-25-20)19-4-3-16(21)9-15(19)10-22/h2-4,6-7,9,12,14H,5,8,11,13H2,1H3,(H,24,25,26). The van der Waals surface area contributed by atoms with E-state index in [0.717, 1.165) is 35.7 Å². The normalized spacial score (nSPS) is 18.0. The van der Waals surface area contributed by atoms with Gasteiger partial charge in [0.2, 0.25) is 0 Å². The number of aromatic nitrogens is 2. The molecule has 8 heteroatoms. The summed E-state index contributed by atoms with van der Waals surface area (Å²) < 4.78 is 0. The largest absolute Gasteiger partial charge is 0.366 e. The van der Waals surface area contributed by atoms with Gasteiger partial charge in [-0.1, -0.05) is 11.6 Å². The molecule has 2 aliphatic rings. The van der Waals surface area contributed by atoms with Gasteiger partial charge >= 0.3 is 0 Å². The topological polar surface area (TPSA) is 80.4 Å². The Kier molecular flexibility index (Phi) is 5.13. The lowest BCUT2D eigenvalue weighted by molar-refractivity contribution is 0.318. The molecule has 0 aliphatic carbocycles. The number of fused-ring (bicyclic) bond motifs is 1. The van der Waals surface area contributed by atoms with Gasteiger partial charge in [-0.15, -0.1) is 0 Å². The molecule has 1 aromatic carbocycles. The van der Waals surface area contributed by atoms with E-state index >= 15 is 0 Å². The summed E-state index contributed by atoms with van der Waals surface area (Å²) in [5.41, 5.74) is 3.56. The van der Waals surface area contributed by atoms with Gasteiger partial charge in [-0.25, -0.2) is 9.97 Å². The number of nitriles is 1. The first-order valence-corrected chi connectivity index (χ1v) is 9.50. The number of nitrogens with one attached hydrogen (secondary N) is 1. The Bertz CT molecular complexity index is 979. The van der Waals surface area contributed by atoms with Gasteiger partial charge in [0.1, 0.15) is 24.4 Å². The Hall–Kier alpha value is -3.11. The maximum absolute atomic E-state index is 9.48. The fraction of sp³-hybridized carbons (Fsp3) is 0.300. The molecule has 0 amide bonds. The first-order chi connectivity index (χ1) is 13.7. The van der Waals surface area contributed by atoms with Gasteiger partial charge in [0.05, 0.1) is 23.6 Å². The molecule has 4 rings (SSSR count). The van der Waals surface area contributed by atoms with Crippen molar-refractivity contribution in [2.75, 3.05) is 23.4 Å². The number of nitrogens with zero attached hydrogens (tertiary/aromatic N) is 6. The molecule has 0 radical (unpaired) electrons. The summed E-state index contributed by atoms with van der Waals surface area (Å²) >= 11 is 6.05. The lowest BCUT2D eigenvalue weighted by atomic mass is 10.0. The fourth-order valence-electron chi connectivity index (χ4n) is 3.46. The molecule has 1 unspecified atom stereocenters. The van der Waals surface area contributed by atoms with Gasteiger partial charge in [-0.2, -0.15) is 5.26 Å². The van der Waals surface area contributed by atoms with Gasteiger partial charge in [0.15, 0.2) is 0 Å². The number of allylic oxidation sites excluding steroid dienone is 1. The van der Waals surface area contributed by atoms with Crippen molar-refractivity contribution in [1.82, 2.24) is 14.9 Å². The number of anilines is 2. The highest BCUT2D eigenvalue weighted by molar-refractivity contribution is 6.30. The van der Waals surface area contributed by atoms with Crippen LogP contribution in [0.5, 0.6) is 0 Å². The summed E-state index contributed by atoms with van der Waals surface area (Å²) in [6.07, 6.45) is 8.22. The van der Waals surface area contributed by atoms with Gasteiger partial charge in [-0.3, -0.25) is 4.99 Å². The van der Waals surface area contributed by atoms with Gasteiger partial charge in [0, 0.05) is 42.5 Å². The molecule has 7 nitrogen and oxygen atoms in total. The number of halogens is 1. The lowest BCUT2D eigenvalue weighted by Gasteiger charge is -2.32. The molecule has 3 heterocycles. The summed E-state index contributed by atoms with van der Waals surface area (Å²) in [5.74, 6) is 0.817. The first-order valence-electron chi connectivity index (χ1n) is 9.12. The fourth-order valence-corrected chi connectivity index (χ4v) is 3.63. The molecular formula is C20H20ClN7. The van der Waals surface area contributed by atoms with Crippen LogP contribution in [0, 0.1) is 11.3 Å². The van der Waals surface area contributed by atoms with Crippen molar-refractivity contribution in [3.63, 3.8) is 0 Å². The van der Waals surface area contributed by atoms with Crippen LogP contribution in [0.2, 0.25) is 5.02 Å². The predicted molar refractivity (Wildman–Crippen MR) is 110 cm³/mol. The van der Waals surface area contributed by atoms with Crippen molar-refractivity contribution in [2.24, 2.45) is 4.99 Å². The minimum atomic E-state index is 0.0823. The van der Waals surface area contributed by atoms with Crippen molar-refractivity contribution in [3.8, 4) is 6.07 Å². The molecule has 2 aliphatic heterocycles. The van der Waals surface area contributed by atoms with Crippen LogP contribution in [0.3, 0.4) is 0 Å².